The Bertz CT molecular complexity index is 533. The molecular weight excluding hydrogens is 226 g/mol. The van der Waals surface area contributed by atoms with E-state index >= 15 is 0 Å². The highest BCUT2D eigenvalue weighted by atomic mass is 35.5. The molecule has 1 unspecified atom stereocenters. The summed E-state index contributed by atoms with van der Waals surface area (Å²) >= 11 is 5.85. The van der Waals surface area contributed by atoms with Crippen LogP contribution in [0.15, 0.2) is 28.7 Å². The second-order valence-corrected chi connectivity index (χ2v) is 4.11. The second kappa shape index (κ2) is 4.28. The smallest absolute Gasteiger partial charge is 0.214 e. The highest BCUT2D eigenvalue weighted by Gasteiger charge is 2.18. The molecule has 4 heteroatoms. The van der Waals surface area contributed by atoms with Gasteiger partial charge >= 0.3 is 0 Å². The Morgan fingerprint density at radius 1 is 1.50 bits per heavy atom. The molecule has 0 saturated heterocycles. The Hall–Kier alpha value is -1.32. The first-order chi connectivity index (χ1) is 7.61. The summed E-state index contributed by atoms with van der Waals surface area (Å²) in [5.41, 5.74) is 6.31. The molecule has 0 aliphatic heterocycles. The van der Waals surface area contributed by atoms with Crippen LogP contribution in [0.1, 0.15) is 23.9 Å². The average Bonchev–Trinajstić information content (AvgIpc) is 2.69. The standard InChI is InChI=1S/C12H12ClNO2/c1-2-9(14)12(15)11-6-7-5-8(13)3-4-10(7)16-11/h3-6,9H,2,14H2,1H3. The topological polar surface area (TPSA) is 56.2 Å². The maximum atomic E-state index is 11.8. The van der Waals surface area contributed by atoms with E-state index in [1.165, 1.54) is 0 Å². The fourth-order valence-corrected chi connectivity index (χ4v) is 1.68. The SMILES string of the molecule is CCC(N)C(=O)c1cc2cc(Cl)ccc2o1. The van der Waals surface area contributed by atoms with Crippen LogP contribution < -0.4 is 5.73 Å². The molecule has 0 spiro atoms. The largest absolute Gasteiger partial charge is 0.453 e. The highest BCUT2D eigenvalue weighted by Crippen LogP contribution is 2.23. The monoisotopic (exact) mass is 237 g/mol. The number of nitrogens with two attached hydrogens (primary N) is 1. The van der Waals surface area contributed by atoms with Crippen LogP contribution >= 0.6 is 11.6 Å². The summed E-state index contributed by atoms with van der Waals surface area (Å²) in [4.78, 5) is 11.8. The van der Waals surface area contributed by atoms with E-state index in [1.54, 1.807) is 24.3 Å². The summed E-state index contributed by atoms with van der Waals surface area (Å²) in [6.07, 6.45) is 0.594. The van der Waals surface area contributed by atoms with Gasteiger partial charge in [0.05, 0.1) is 6.04 Å². The summed E-state index contributed by atoms with van der Waals surface area (Å²) in [6, 6.07) is 6.40. The van der Waals surface area contributed by atoms with Crippen LogP contribution in [0.5, 0.6) is 0 Å². The van der Waals surface area contributed by atoms with Crippen LogP contribution in [0.2, 0.25) is 5.02 Å². The number of halogens is 1. The van der Waals surface area contributed by atoms with Crippen molar-refractivity contribution in [3.8, 4) is 0 Å². The molecule has 3 nitrogen and oxygen atoms in total. The third kappa shape index (κ3) is 1.96. The number of ketones is 1. The Kier molecular flexibility index (Phi) is 2.99. The third-order valence-corrected chi connectivity index (χ3v) is 2.73. The predicted molar refractivity (Wildman–Crippen MR) is 63.8 cm³/mol. The van der Waals surface area contributed by atoms with E-state index in [2.05, 4.69) is 0 Å². The molecule has 1 heterocycles. The van der Waals surface area contributed by atoms with Gasteiger partial charge in [-0.25, -0.2) is 0 Å². The molecule has 0 saturated carbocycles. The van der Waals surface area contributed by atoms with Gasteiger partial charge in [-0.15, -0.1) is 0 Å². The zero-order valence-electron chi connectivity index (χ0n) is 8.87. The Balaban J connectivity index is 2.43. The van der Waals surface area contributed by atoms with Crippen molar-refractivity contribution in [2.24, 2.45) is 5.73 Å². The van der Waals surface area contributed by atoms with Gasteiger partial charge in [0.2, 0.25) is 5.78 Å². The van der Waals surface area contributed by atoms with E-state index in [0.29, 0.717) is 22.8 Å². The van der Waals surface area contributed by atoms with Crippen molar-refractivity contribution in [2.75, 3.05) is 0 Å². The molecule has 0 aliphatic rings. The first-order valence-corrected chi connectivity index (χ1v) is 5.48. The molecule has 0 amide bonds. The number of benzene rings is 1. The second-order valence-electron chi connectivity index (χ2n) is 3.67. The summed E-state index contributed by atoms with van der Waals surface area (Å²) in [5, 5.41) is 1.44. The Labute approximate surface area is 98.2 Å². The average molecular weight is 238 g/mol. The molecule has 2 N–H and O–H groups in total. The maximum Gasteiger partial charge on any atom is 0.214 e. The summed E-state index contributed by atoms with van der Waals surface area (Å²) in [5.74, 6) is 0.126. The zero-order valence-corrected chi connectivity index (χ0v) is 9.62. The molecule has 0 bridgehead atoms. The van der Waals surface area contributed by atoms with E-state index in [9.17, 15) is 4.79 Å². The molecule has 0 radical (unpaired) electrons. The summed E-state index contributed by atoms with van der Waals surface area (Å²) in [7, 11) is 0. The Morgan fingerprint density at radius 2 is 2.25 bits per heavy atom. The van der Waals surface area contributed by atoms with E-state index in [4.69, 9.17) is 21.8 Å². The van der Waals surface area contributed by atoms with Gasteiger partial charge in [0.1, 0.15) is 5.58 Å². The van der Waals surface area contributed by atoms with Gasteiger partial charge in [-0.2, -0.15) is 0 Å². The van der Waals surface area contributed by atoms with E-state index in [1.807, 2.05) is 6.92 Å². The molecule has 1 aromatic heterocycles. The van der Waals surface area contributed by atoms with E-state index in [-0.39, 0.29) is 5.78 Å². The molecule has 1 atom stereocenters. The molecule has 2 aromatic rings. The number of rotatable bonds is 3. The number of hydrogen-bond acceptors (Lipinski definition) is 3. The minimum atomic E-state index is -0.504. The lowest BCUT2D eigenvalue weighted by atomic mass is 10.1. The van der Waals surface area contributed by atoms with E-state index < -0.39 is 6.04 Å². The van der Waals surface area contributed by atoms with Crippen molar-refractivity contribution in [1.82, 2.24) is 0 Å². The Morgan fingerprint density at radius 3 is 2.94 bits per heavy atom. The molecule has 1 aromatic carbocycles. The summed E-state index contributed by atoms with van der Waals surface area (Å²) < 4.78 is 5.42. The normalized spacial score (nSPS) is 12.9. The van der Waals surface area contributed by atoms with Gasteiger partial charge in [-0.3, -0.25) is 4.79 Å². The lowest BCUT2D eigenvalue weighted by Gasteiger charge is -2.03. The van der Waals surface area contributed by atoms with Crippen molar-refractivity contribution in [3.63, 3.8) is 0 Å². The van der Waals surface area contributed by atoms with E-state index in [0.717, 1.165) is 5.39 Å². The van der Waals surface area contributed by atoms with Gasteiger partial charge in [0.15, 0.2) is 5.76 Å². The summed E-state index contributed by atoms with van der Waals surface area (Å²) in [6.45, 7) is 1.86. The lowest BCUT2D eigenvalue weighted by Crippen LogP contribution is -2.29. The minimum absolute atomic E-state index is 0.171. The number of hydrogen-bond donors (Lipinski definition) is 1. The van der Waals surface area contributed by atoms with Crippen molar-refractivity contribution < 1.29 is 9.21 Å². The van der Waals surface area contributed by atoms with Crippen LogP contribution in [0.3, 0.4) is 0 Å². The van der Waals surface area contributed by atoms with Crippen molar-refractivity contribution in [2.45, 2.75) is 19.4 Å². The minimum Gasteiger partial charge on any atom is -0.453 e. The molecule has 16 heavy (non-hydrogen) atoms. The number of carbonyl (C=O) groups is 1. The highest BCUT2D eigenvalue weighted by molar-refractivity contribution is 6.31. The van der Waals surface area contributed by atoms with Crippen LogP contribution in [0.4, 0.5) is 0 Å². The van der Waals surface area contributed by atoms with Gasteiger partial charge in [-0.05, 0) is 30.7 Å². The molecule has 84 valence electrons. The van der Waals surface area contributed by atoms with Crippen molar-refractivity contribution >= 4 is 28.4 Å². The van der Waals surface area contributed by atoms with Gasteiger partial charge in [0.25, 0.3) is 0 Å². The predicted octanol–water partition coefficient (Wildman–Crippen LogP) is 3.01. The quantitative estimate of drug-likeness (QED) is 0.835. The zero-order chi connectivity index (χ0) is 11.7. The number of carbonyl (C=O) groups excluding carboxylic acids is 1. The molecule has 0 fully saturated rings. The van der Waals surface area contributed by atoms with Crippen LogP contribution in [0.25, 0.3) is 11.0 Å². The fourth-order valence-electron chi connectivity index (χ4n) is 1.50. The number of Topliss-reactive ketones (excluding diaryl/α,β-unsaturated/α-hetero) is 1. The van der Waals surface area contributed by atoms with Gasteiger partial charge in [-0.1, -0.05) is 18.5 Å². The van der Waals surface area contributed by atoms with Gasteiger partial charge < -0.3 is 10.2 Å². The number of furan rings is 1. The molecular formula is C12H12ClNO2. The van der Waals surface area contributed by atoms with Crippen molar-refractivity contribution in [1.29, 1.82) is 0 Å². The molecule has 2 rings (SSSR count). The lowest BCUT2D eigenvalue weighted by molar-refractivity contribution is 0.0934. The van der Waals surface area contributed by atoms with Crippen molar-refractivity contribution in [3.05, 3.63) is 35.0 Å². The van der Waals surface area contributed by atoms with Crippen LogP contribution in [-0.4, -0.2) is 11.8 Å². The fraction of sp³-hybridized carbons (Fsp3) is 0.250. The van der Waals surface area contributed by atoms with Crippen LogP contribution in [-0.2, 0) is 0 Å². The number of fused-ring (bicyclic) bond motifs is 1. The van der Waals surface area contributed by atoms with Crippen LogP contribution in [0, 0.1) is 0 Å². The molecule has 0 aliphatic carbocycles. The third-order valence-electron chi connectivity index (χ3n) is 2.50. The maximum absolute atomic E-state index is 11.8. The first kappa shape index (κ1) is 11.2. The first-order valence-electron chi connectivity index (χ1n) is 5.10. The van der Waals surface area contributed by atoms with Gasteiger partial charge in [0, 0.05) is 10.4 Å².